The lowest BCUT2D eigenvalue weighted by Gasteiger charge is -2.37. The van der Waals surface area contributed by atoms with Crippen molar-refractivity contribution >= 4 is 27.2 Å². The average molecular weight is 519 g/mol. The van der Waals surface area contributed by atoms with Crippen LogP contribution in [0.5, 0.6) is 0 Å². The Hall–Kier alpha value is -2.96. The molecule has 2 aromatic rings. The molecule has 7 nitrogen and oxygen atoms in total. The van der Waals surface area contributed by atoms with Gasteiger partial charge in [0, 0.05) is 38.1 Å². The van der Waals surface area contributed by atoms with Gasteiger partial charge < -0.3 is 15.1 Å². The average Bonchev–Trinajstić information content (AvgIpc) is 3.15. The first-order valence-electron chi connectivity index (χ1n) is 10.9. The Balaban J connectivity index is 1.37. The number of likely N-dealkylation sites (tertiary alicyclic amines) is 1. The van der Waals surface area contributed by atoms with Gasteiger partial charge in [-0.15, -0.1) is 0 Å². The highest BCUT2D eigenvalue weighted by molar-refractivity contribution is 7.90. The number of piperidine rings is 1. The summed E-state index contributed by atoms with van der Waals surface area (Å²) in [5.41, 5.74) is -1.38. The summed E-state index contributed by atoms with van der Waals surface area (Å²) in [6, 6.07) is 2.74. The second-order valence-corrected chi connectivity index (χ2v) is 10.7. The van der Waals surface area contributed by atoms with E-state index in [1.54, 1.807) is 4.90 Å². The third-order valence-corrected chi connectivity index (χ3v) is 7.40. The first-order valence-corrected chi connectivity index (χ1v) is 12.8. The molecule has 1 N–H and O–H groups in total. The zero-order chi connectivity index (χ0) is 25.5. The minimum absolute atomic E-state index is 0.123. The molecule has 190 valence electrons. The number of halogens is 5. The number of nitrogens with zero attached hydrogens (tertiary/aromatic N) is 3. The molecule has 4 rings (SSSR count). The van der Waals surface area contributed by atoms with Crippen molar-refractivity contribution in [2.75, 3.05) is 36.1 Å². The van der Waals surface area contributed by atoms with Crippen LogP contribution in [-0.4, -0.2) is 62.2 Å². The number of carbonyl (C=O) groups excluding carboxylic acids is 1. The quantitative estimate of drug-likeness (QED) is 0.611. The minimum atomic E-state index is -4.46. The van der Waals surface area contributed by atoms with Crippen molar-refractivity contribution in [3.05, 3.63) is 47.7 Å². The monoisotopic (exact) mass is 518 g/mol. The van der Waals surface area contributed by atoms with Crippen LogP contribution in [0.4, 0.5) is 33.5 Å². The summed E-state index contributed by atoms with van der Waals surface area (Å²) in [5.74, 6) is -2.10. The maximum atomic E-state index is 14.4. The van der Waals surface area contributed by atoms with Gasteiger partial charge in [0.25, 0.3) is 0 Å². The molecule has 1 aromatic heterocycles. The number of anilines is 2. The van der Waals surface area contributed by atoms with Crippen molar-refractivity contribution in [2.45, 2.75) is 42.4 Å². The Morgan fingerprint density at radius 3 is 2.17 bits per heavy atom. The number of amides is 1. The Labute approximate surface area is 198 Å². The Kier molecular flexibility index (Phi) is 6.64. The van der Waals surface area contributed by atoms with Crippen LogP contribution in [0.3, 0.4) is 0 Å². The fraction of sp³-hybridized carbons (Fsp3) is 0.455. The summed E-state index contributed by atoms with van der Waals surface area (Å²) in [6.07, 6.45) is -1.39. The predicted octanol–water partition coefficient (Wildman–Crippen LogP) is 3.46. The number of benzene rings is 1. The summed E-state index contributed by atoms with van der Waals surface area (Å²) in [4.78, 5) is 19.8. The molecule has 2 aliphatic rings. The molecule has 2 aliphatic heterocycles. The van der Waals surface area contributed by atoms with E-state index in [-0.39, 0.29) is 11.9 Å². The molecule has 13 heteroatoms. The summed E-state index contributed by atoms with van der Waals surface area (Å²) in [7, 11) is -3.80. The predicted molar refractivity (Wildman–Crippen MR) is 118 cm³/mol. The highest BCUT2D eigenvalue weighted by atomic mass is 32.2. The molecule has 0 saturated carbocycles. The van der Waals surface area contributed by atoms with Gasteiger partial charge in [-0.2, -0.15) is 13.2 Å². The van der Waals surface area contributed by atoms with Crippen molar-refractivity contribution in [2.24, 2.45) is 0 Å². The number of nitrogens with one attached hydrogen (secondary N) is 1. The first-order chi connectivity index (χ1) is 16.3. The second kappa shape index (κ2) is 9.25. The zero-order valence-corrected chi connectivity index (χ0v) is 19.5. The van der Waals surface area contributed by atoms with Crippen LogP contribution in [0.15, 0.2) is 35.4 Å². The van der Waals surface area contributed by atoms with Gasteiger partial charge in [-0.3, -0.25) is 4.79 Å². The topological polar surface area (TPSA) is 82.6 Å². The van der Waals surface area contributed by atoms with Crippen LogP contribution in [0, 0.1) is 11.6 Å². The molecule has 2 saturated heterocycles. The lowest BCUT2D eigenvalue weighted by Crippen LogP contribution is -2.47. The molecule has 0 radical (unpaired) electrons. The second-order valence-electron chi connectivity index (χ2n) is 8.67. The molecule has 1 unspecified atom stereocenters. The van der Waals surface area contributed by atoms with E-state index in [1.807, 2.05) is 4.90 Å². The Morgan fingerprint density at radius 2 is 1.66 bits per heavy atom. The normalized spacial score (nSPS) is 19.9. The third-order valence-electron chi connectivity index (χ3n) is 6.31. The summed E-state index contributed by atoms with van der Waals surface area (Å²) in [5, 5.41) is 2.58. The summed E-state index contributed by atoms with van der Waals surface area (Å²) in [6.45, 7) is 1.35. The van der Waals surface area contributed by atoms with Gasteiger partial charge in [0.1, 0.15) is 17.5 Å². The van der Waals surface area contributed by atoms with Crippen LogP contribution >= 0.6 is 0 Å². The van der Waals surface area contributed by atoms with E-state index in [4.69, 9.17) is 0 Å². The van der Waals surface area contributed by atoms with Gasteiger partial charge in [0.15, 0.2) is 21.5 Å². The fourth-order valence-corrected chi connectivity index (χ4v) is 5.06. The van der Waals surface area contributed by atoms with E-state index >= 15 is 0 Å². The van der Waals surface area contributed by atoms with Crippen molar-refractivity contribution in [3.8, 4) is 0 Å². The molecular formula is C22H23F5N4O3S. The first kappa shape index (κ1) is 25.1. The fourth-order valence-electron chi connectivity index (χ4n) is 4.42. The number of hydrogen-bond acceptors (Lipinski definition) is 6. The minimum Gasteiger partial charge on any atom is -0.369 e. The van der Waals surface area contributed by atoms with Gasteiger partial charge in [0.05, 0.1) is 10.5 Å². The van der Waals surface area contributed by atoms with E-state index in [0.29, 0.717) is 56.8 Å². The Bertz CT molecular complexity index is 1190. The molecule has 0 bridgehead atoms. The number of aromatic nitrogens is 1. The molecular weight excluding hydrogens is 495 g/mol. The van der Waals surface area contributed by atoms with Gasteiger partial charge in [0.2, 0.25) is 5.91 Å². The lowest BCUT2D eigenvalue weighted by atomic mass is 10.0. The molecule has 3 heterocycles. The van der Waals surface area contributed by atoms with Crippen molar-refractivity contribution < 1.29 is 35.2 Å². The van der Waals surface area contributed by atoms with E-state index in [0.717, 1.165) is 18.5 Å². The SMILES string of the molecule is CS(=O)(=O)c1cc(F)c(NC2CCN(C3CCN(c4ccc(C(F)(F)F)cn4)CC3)C2=O)c(F)c1. The standard InChI is InChI=1S/C22H23F5N4O3S/c1-35(33,34)15-10-16(23)20(17(24)11-15)29-18-6-9-31(21(18)32)14-4-7-30(8-5-14)19-3-2-13(12-28-19)22(25,26)27/h2-3,10-12,14,18,29H,4-9H2,1H3. The molecule has 2 fully saturated rings. The lowest BCUT2D eigenvalue weighted by molar-refractivity contribution is -0.137. The van der Waals surface area contributed by atoms with Crippen LogP contribution < -0.4 is 10.2 Å². The van der Waals surface area contributed by atoms with Crippen molar-refractivity contribution in [1.82, 2.24) is 9.88 Å². The molecule has 0 spiro atoms. The number of hydrogen-bond donors (Lipinski definition) is 1. The van der Waals surface area contributed by atoms with Gasteiger partial charge in [-0.1, -0.05) is 0 Å². The zero-order valence-electron chi connectivity index (χ0n) is 18.6. The molecule has 1 amide bonds. The van der Waals surface area contributed by atoms with Crippen LogP contribution in [0.25, 0.3) is 0 Å². The molecule has 35 heavy (non-hydrogen) atoms. The maximum Gasteiger partial charge on any atom is 0.417 e. The van der Waals surface area contributed by atoms with E-state index in [2.05, 4.69) is 10.3 Å². The smallest absolute Gasteiger partial charge is 0.369 e. The highest BCUT2D eigenvalue weighted by Gasteiger charge is 2.38. The number of alkyl halides is 3. The van der Waals surface area contributed by atoms with E-state index < -0.39 is 49.8 Å². The highest BCUT2D eigenvalue weighted by Crippen LogP contribution is 2.31. The van der Waals surface area contributed by atoms with E-state index in [9.17, 15) is 35.2 Å². The molecule has 1 atom stereocenters. The number of rotatable bonds is 5. The number of carbonyl (C=O) groups is 1. The molecule has 1 aromatic carbocycles. The summed E-state index contributed by atoms with van der Waals surface area (Å²) < 4.78 is 90.2. The number of sulfone groups is 1. The van der Waals surface area contributed by atoms with Crippen LogP contribution in [0.1, 0.15) is 24.8 Å². The van der Waals surface area contributed by atoms with Gasteiger partial charge in [-0.05, 0) is 43.5 Å². The van der Waals surface area contributed by atoms with Gasteiger partial charge >= 0.3 is 6.18 Å². The van der Waals surface area contributed by atoms with Crippen molar-refractivity contribution in [3.63, 3.8) is 0 Å². The third kappa shape index (κ3) is 5.34. The van der Waals surface area contributed by atoms with Crippen molar-refractivity contribution in [1.29, 1.82) is 0 Å². The number of pyridine rings is 1. The largest absolute Gasteiger partial charge is 0.417 e. The van der Waals surface area contributed by atoms with Crippen LogP contribution in [-0.2, 0) is 20.8 Å². The van der Waals surface area contributed by atoms with Gasteiger partial charge in [-0.25, -0.2) is 22.2 Å². The van der Waals surface area contributed by atoms with E-state index in [1.165, 1.54) is 6.07 Å². The van der Waals surface area contributed by atoms with Crippen LogP contribution in [0.2, 0.25) is 0 Å². The molecule has 0 aliphatic carbocycles. The maximum absolute atomic E-state index is 14.4. The Morgan fingerprint density at radius 1 is 1.03 bits per heavy atom. The summed E-state index contributed by atoms with van der Waals surface area (Å²) >= 11 is 0.